The molecule has 0 bridgehead atoms. The van der Waals surface area contributed by atoms with Crippen molar-refractivity contribution in [1.82, 2.24) is 10.2 Å². The number of nitrogens with zero attached hydrogens (tertiary/aromatic N) is 1. The second kappa shape index (κ2) is 6.16. The lowest BCUT2D eigenvalue weighted by Gasteiger charge is -2.35. The molecule has 1 heterocycles. The van der Waals surface area contributed by atoms with Gasteiger partial charge in [-0.2, -0.15) is 0 Å². The van der Waals surface area contributed by atoms with Gasteiger partial charge >= 0.3 is 0 Å². The summed E-state index contributed by atoms with van der Waals surface area (Å²) in [5.41, 5.74) is 1.71. The maximum Gasteiger partial charge on any atom is 0.123 e. The predicted octanol–water partition coefficient (Wildman–Crippen LogP) is 2.01. The number of piperazine rings is 1. The fourth-order valence-corrected chi connectivity index (χ4v) is 2.58. The van der Waals surface area contributed by atoms with Crippen LogP contribution in [-0.2, 0) is 0 Å². The van der Waals surface area contributed by atoms with Crippen LogP contribution in [-0.4, -0.2) is 42.9 Å². The van der Waals surface area contributed by atoms with Gasteiger partial charge in [0.05, 0.1) is 6.67 Å². The van der Waals surface area contributed by atoms with Gasteiger partial charge in [0.1, 0.15) is 5.75 Å². The van der Waals surface area contributed by atoms with Gasteiger partial charge in [-0.05, 0) is 18.9 Å². The molecule has 0 amide bonds. The second-order valence-electron chi connectivity index (χ2n) is 4.79. The van der Waals surface area contributed by atoms with Gasteiger partial charge in [0.2, 0.25) is 0 Å². The Hall–Kier alpha value is -1.13. The third-order valence-electron chi connectivity index (χ3n) is 3.60. The molecular formula is C14H21FN2O. The Labute approximate surface area is 108 Å². The molecule has 0 aromatic heterocycles. The molecule has 1 saturated heterocycles. The molecule has 0 saturated carbocycles. The largest absolute Gasteiger partial charge is 0.507 e. The lowest BCUT2D eigenvalue weighted by molar-refractivity contribution is 0.155. The highest BCUT2D eigenvalue weighted by molar-refractivity contribution is 5.41. The first-order valence-corrected chi connectivity index (χ1v) is 6.53. The van der Waals surface area contributed by atoms with E-state index in [9.17, 15) is 9.50 Å². The minimum atomic E-state index is -0.359. The van der Waals surface area contributed by atoms with Crippen LogP contribution in [0.5, 0.6) is 5.75 Å². The van der Waals surface area contributed by atoms with Crippen molar-refractivity contribution in [2.24, 2.45) is 0 Å². The highest BCUT2D eigenvalue weighted by Crippen LogP contribution is 2.33. The minimum absolute atomic E-state index is 0.0167. The van der Waals surface area contributed by atoms with Crippen LogP contribution in [0, 0.1) is 6.92 Å². The van der Waals surface area contributed by atoms with Gasteiger partial charge in [0.25, 0.3) is 0 Å². The van der Waals surface area contributed by atoms with Gasteiger partial charge in [0, 0.05) is 37.8 Å². The molecule has 2 rings (SSSR count). The molecule has 1 atom stereocenters. The number of aromatic hydroxyl groups is 1. The van der Waals surface area contributed by atoms with E-state index in [0.717, 1.165) is 37.3 Å². The van der Waals surface area contributed by atoms with Gasteiger partial charge in [-0.15, -0.1) is 0 Å². The number of hydrogen-bond donors (Lipinski definition) is 2. The number of phenols is 1. The number of hydrogen-bond acceptors (Lipinski definition) is 3. The van der Waals surface area contributed by atoms with E-state index in [2.05, 4.69) is 10.2 Å². The first-order valence-electron chi connectivity index (χ1n) is 6.53. The number of para-hydroxylation sites is 1. The Kier molecular flexibility index (Phi) is 4.55. The van der Waals surface area contributed by atoms with Crippen LogP contribution in [0.1, 0.15) is 23.6 Å². The van der Waals surface area contributed by atoms with E-state index in [1.165, 1.54) is 0 Å². The van der Waals surface area contributed by atoms with Crippen LogP contribution >= 0.6 is 0 Å². The number of halogens is 1. The number of phenolic OH excluding ortho intramolecular Hbond substituents is 1. The summed E-state index contributed by atoms with van der Waals surface area (Å²) < 4.78 is 12.8. The summed E-state index contributed by atoms with van der Waals surface area (Å²) in [6.07, 6.45) is 0.441. The van der Waals surface area contributed by atoms with Gasteiger partial charge in [0.15, 0.2) is 0 Å². The van der Waals surface area contributed by atoms with Crippen LogP contribution in [0.3, 0.4) is 0 Å². The van der Waals surface area contributed by atoms with Crippen LogP contribution in [0.25, 0.3) is 0 Å². The van der Waals surface area contributed by atoms with Gasteiger partial charge in [-0.1, -0.05) is 18.2 Å². The average Bonchev–Trinajstić information content (AvgIpc) is 2.41. The Balaban J connectivity index is 2.25. The molecule has 0 aliphatic carbocycles. The Morgan fingerprint density at radius 3 is 2.78 bits per heavy atom. The molecule has 1 aliphatic rings. The van der Waals surface area contributed by atoms with Gasteiger partial charge in [-0.3, -0.25) is 9.29 Å². The minimum Gasteiger partial charge on any atom is -0.507 e. The molecule has 2 N–H and O–H groups in total. The lowest BCUT2D eigenvalue weighted by atomic mass is 9.98. The molecule has 1 aromatic rings. The zero-order valence-corrected chi connectivity index (χ0v) is 10.8. The van der Waals surface area contributed by atoms with Crippen LogP contribution in [0.2, 0.25) is 0 Å². The quantitative estimate of drug-likeness (QED) is 0.860. The van der Waals surface area contributed by atoms with Crippen molar-refractivity contribution in [2.75, 3.05) is 32.9 Å². The molecule has 100 valence electrons. The van der Waals surface area contributed by atoms with Crippen molar-refractivity contribution >= 4 is 0 Å². The summed E-state index contributed by atoms with van der Waals surface area (Å²) in [7, 11) is 0. The summed E-state index contributed by atoms with van der Waals surface area (Å²) in [6.45, 7) is 5.17. The summed E-state index contributed by atoms with van der Waals surface area (Å²) in [6, 6.07) is 5.70. The Bertz CT molecular complexity index is 391. The van der Waals surface area contributed by atoms with Crippen molar-refractivity contribution in [3.05, 3.63) is 29.3 Å². The molecular weight excluding hydrogens is 231 g/mol. The fourth-order valence-electron chi connectivity index (χ4n) is 2.58. The molecule has 0 spiro atoms. The monoisotopic (exact) mass is 252 g/mol. The van der Waals surface area contributed by atoms with E-state index in [1.54, 1.807) is 0 Å². The van der Waals surface area contributed by atoms with Crippen molar-refractivity contribution < 1.29 is 9.50 Å². The highest BCUT2D eigenvalue weighted by atomic mass is 19.1. The fraction of sp³-hybridized carbons (Fsp3) is 0.571. The van der Waals surface area contributed by atoms with Gasteiger partial charge < -0.3 is 10.4 Å². The summed E-state index contributed by atoms with van der Waals surface area (Å²) in [4.78, 5) is 2.25. The molecule has 3 nitrogen and oxygen atoms in total. The van der Waals surface area contributed by atoms with Crippen LogP contribution < -0.4 is 5.32 Å². The summed E-state index contributed by atoms with van der Waals surface area (Å²) >= 11 is 0. The molecule has 1 aromatic carbocycles. The maximum absolute atomic E-state index is 12.8. The second-order valence-corrected chi connectivity index (χ2v) is 4.79. The number of aryl methyl sites for hydroxylation is 1. The third kappa shape index (κ3) is 2.82. The molecule has 18 heavy (non-hydrogen) atoms. The molecule has 1 fully saturated rings. The summed E-state index contributed by atoms with van der Waals surface area (Å²) in [5.74, 6) is 0.314. The smallest absolute Gasteiger partial charge is 0.123 e. The van der Waals surface area contributed by atoms with Crippen LogP contribution in [0.15, 0.2) is 18.2 Å². The van der Waals surface area contributed by atoms with E-state index < -0.39 is 0 Å². The van der Waals surface area contributed by atoms with Crippen molar-refractivity contribution in [3.8, 4) is 5.75 Å². The topological polar surface area (TPSA) is 35.5 Å². The molecule has 0 radical (unpaired) electrons. The Morgan fingerprint density at radius 2 is 2.11 bits per heavy atom. The number of alkyl halides is 1. The lowest BCUT2D eigenvalue weighted by Crippen LogP contribution is -2.45. The number of nitrogens with one attached hydrogen (secondary N) is 1. The normalized spacial score (nSPS) is 18.8. The predicted molar refractivity (Wildman–Crippen MR) is 70.6 cm³/mol. The van der Waals surface area contributed by atoms with E-state index in [4.69, 9.17) is 0 Å². The highest BCUT2D eigenvalue weighted by Gasteiger charge is 2.24. The number of rotatable bonds is 4. The molecule has 4 heteroatoms. The zero-order chi connectivity index (χ0) is 13.0. The Morgan fingerprint density at radius 1 is 1.39 bits per heavy atom. The molecule has 1 aliphatic heterocycles. The third-order valence-corrected chi connectivity index (χ3v) is 3.60. The van der Waals surface area contributed by atoms with Crippen molar-refractivity contribution in [3.63, 3.8) is 0 Å². The first kappa shape index (κ1) is 13.3. The van der Waals surface area contributed by atoms with E-state index in [0.29, 0.717) is 12.2 Å². The number of benzene rings is 1. The summed E-state index contributed by atoms with van der Waals surface area (Å²) in [5, 5.41) is 13.5. The van der Waals surface area contributed by atoms with Gasteiger partial charge in [-0.25, -0.2) is 0 Å². The van der Waals surface area contributed by atoms with Crippen molar-refractivity contribution in [2.45, 2.75) is 19.4 Å². The van der Waals surface area contributed by atoms with E-state index in [1.807, 2.05) is 25.1 Å². The first-order chi connectivity index (χ1) is 8.74. The average molecular weight is 252 g/mol. The standard InChI is InChI=1S/C14H21FN2O/c1-11-3-2-4-12(14(11)18)13(5-6-15)17-9-7-16-8-10-17/h2-4,13,16,18H,5-10H2,1H3/t13-/m1/s1. The zero-order valence-electron chi connectivity index (χ0n) is 10.8. The van der Waals surface area contributed by atoms with Crippen LogP contribution in [0.4, 0.5) is 4.39 Å². The maximum atomic E-state index is 12.8. The van der Waals surface area contributed by atoms with Crippen molar-refractivity contribution in [1.29, 1.82) is 0 Å². The van der Waals surface area contributed by atoms with E-state index in [-0.39, 0.29) is 12.7 Å². The SMILES string of the molecule is Cc1cccc([C@@H](CCF)N2CCNCC2)c1O. The molecule has 0 unspecified atom stereocenters. The van der Waals surface area contributed by atoms with E-state index >= 15 is 0 Å².